The molecule has 1 rings (SSSR count). The van der Waals surface area contributed by atoms with Crippen molar-refractivity contribution in [3.8, 4) is 5.75 Å². The average molecular weight is 223 g/mol. The third-order valence-corrected chi connectivity index (χ3v) is 2.41. The van der Waals surface area contributed by atoms with Gasteiger partial charge in [0.25, 0.3) is 0 Å². The molecule has 0 radical (unpaired) electrons. The largest absolute Gasteiger partial charge is 0.493 e. The lowest BCUT2D eigenvalue weighted by Gasteiger charge is -2.14. The summed E-state index contributed by atoms with van der Waals surface area (Å²) >= 11 is 0. The van der Waals surface area contributed by atoms with E-state index in [0.717, 1.165) is 24.3 Å². The fourth-order valence-corrected chi connectivity index (χ4v) is 1.53. The summed E-state index contributed by atoms with van der Waals surface area (Å²) < 4.78 is 10.7. The Morgan fingerprint density at radius 3 is 2.69 bits per heavy atom. The molecule has 0 aliphatic rings. The normalized spacial score (nSPS) is 12.5. The molecular weight excluding hydrogens is 202 g/mol. The van der Waals surface area contributed by atoms with Gasteiger partial charge in [0, 0.05) is 31.7 Å². The Balaban J connectivity index is 2.65. The molecule has 3 nitrogen and oxygen atoms in total. The molecule has 0 saturated carbocycles. The third-order valence-electron chi connectivity index (χ3n) is 2.41. The van der Waals surface area contributed by atoms with Crippen LogP contribution in [0.4, 0.5) is 0 Å². The van der Waals surface area contributed by atoms with E-state index < -0.39 is 0 Å². The molecule has 0 bridgehead atoms. The highest BCUT2D eigenvalue weighted by Crippen LogP contribution is 2.25. The lowest BCUT2D eigenvalue weighted by molar-refractivity contribution is 0.171. The van der Waals surface area contributed by atoms with Crippen LogP contribution in [0.25, 0.3) is 0 Å². The van der Waals surface area contributed by atoms with Crippen LogP contribution in [0.1, 0.15) is 30.5 Å². The topological polar surface area (TPSA) is 44.5 Å². The summed E-state index contributed by atoms with van der Waals surface area (Å²) in [6, 6.07) is 6.12. The molecule has 0 aliphatic heterocycles. The lowest BCUT2D eigenvalue weighted by Crippen LogP contribution is -2.09. The molecule has 0 fully saturated rings. The van der Waals surface area contributed by atoms with E-state index >= 15 is 0 Å². The minimum Gasteiger partial charge on any atom is -0.493 e. The molecule has 3 heteroatoms. The van der Waals surface area contributed by atoms with Gasteiger partial charge in [0.05, 0.1) is 6.61 Å². The molecule has 1 aromatic carbocycles. The SMILES string of the molecule is COCCCOc1cc(C)ccc1C(C)N. The van der Waals surface area contributed by atoms with Gasteiger partial charge in [-0.15, -0.1) is 0 Å². The maximum atomic E-state index is 5.89. The van der Waals surface area contributed by atoms with Crippen molar-refractivity contribution in [2.24, 2.45) is 5.73 Å². The van der Waals surface area contributed by atoms with E-state index in [9.17, 15) is 0 Å². The van der Waals surface area contributed by atoms with Gasteiger partial charge in [0.15, 0.2) is 0 Å². The zero-order valence-electron chi connectivity index (χ0n) is 10.3. The molecule has 16 heavy (non-hydrogen) atoms. The first-order valence-electron chi connectivity index (χ1n) is 5.63. The molecule has 0 spiro atoms. The number of rotatable bonds is 6. The van der Waals surface area contributed by atoms with Gasteiger partial charge in [-0.1, -0.05) is 12.1 Å². The first-order valence-corrected chi connectivity index (χ1v) is 5.63. The van der Waals surface area contributed by atoms with E-state index in [1.807, 2.05) is 26.0 Å². The van der Waals surface area contributed by atoms with Gasteiger partial charge in [-0.3, -0.25) is 0 Å². The second-order valence-corrected chi connectivity index (χ2v) is 4.02. The summed E-state index contributed by atoms with van der Waals surface area (Å²) in [6.45, 7) is 5.40. The predicted octanol–water partition coefficient (Wildman–Crippen LogP) is 2.43. The van der Waals surface area contributed by atoms with Crippen molar-refractivity contribution in [3.05, 3.63) is 29.3 Å². The lowest BCUT2D eigenvalue weighted by atomic mass is 10.1. The second-order valence-electron chi connectivity index (χ2n) is 4.02. The molecule has 90 valence electrons. The Kier molecular flexibility index (Phi) is 5.29. The Morgan fingerprint density at radius 2 is 2.06 bits per heavy atom. The van der Waals surface area contributed by atoms with Crippen molar-refractivity contribution in [1.29, 1.82) is 0 Å². The number of benzene rings is 1. The number of hydrogen-bond donors (Lipinski definition) is 1. The Labute approximate surface area is 97.6 Å². The molecule has 0 aromatic heterocycles. The van der Waals surface area contributed by atoms with Crippen molar-refractivity contribution < 1.29 is 9.47 Å². The third kappa shape index (κ3) is 3.83. The van der Waals surface area contributed by atoms with E-state index in [1.165, 1.54) is 5.56 Å². The molecule has 1 unspecified atom stereocenters. The zero-order valence-corrected chi connectivity index (χ0v) is 10.3. The van der Waals surface area contributed by atoms with Crippen LogP contribution in [0.2, 0.25) is 0 Å². The summed E-state index contributed by atoms with van der Waals surface area (Å²) in [4.78, 5) is 0. The van der Waals surface area contributed by atoms with Crippen LogP contribution in [0.5, 0.6) is 5.75 Å². The molecule has 0 amide bonds. The van der Waals surface area contributed by atoms with Crippen LogP contribution in [-0.2, 0) is 4.74 Å². The van der Waals surface area contributed by atoms with Gasteiger partial charge in [0.1, 0.15) is 5.75 Å². The van der Waals surface area contributed by atoms with Crippen molar-refractivity contribution in [2.75, 3.05) is 20.3 Å². The summed E-state index contributed by atoms with van der Waals surface area (Å²) in [5, 5.41) is 0. The van der Waals surface area contributed by atoms with Crippen LogP contribution in [0.3, 0.4) is 0 Å². The fraction of sp³-hybridized carbons (Fsp3) is 0.538. The van der Waals surface area contributed by atoms with Crippen LogP contribution >= 0.6 is 0 Å². The number of nitrogens with two attached hydrogens (primary N) is 1. The van der Waals surface area contributed by atoms with E-state index in [0.29, 0.717) is 6.61 Å². The zero-order chi connectivity index (χ0) is 12.0. The molecule has 2 N–H and O–H groups in total. The standard InChI is InChI=1S/C13H21NO2/c1-10-5-6-12(11(2)14)13(9-10)16-8-4-7-15-3/h5-6,9,11H,4,7-8,14H2,1-3H3. The Morgan fingerprint density at radius 1 is 1.31 bits per heavy atom. The molecule has 1 atom stereocenters. The second kappa shape index (κ2) is 6.51. The number of hydrogen-bond acceptors (Lipinski definition) is 3. The Bertz CT molecular complexity index is 324. The van der Waals surface area contributed by atoms with E-state index in [2.05, 4.69) is 6.07 Å². The monoisotopic (exact) mass is 223 g/mol. The molecule has 0 saturated heterocycles. The van der Waals surface area contributed by atoms with Gasteiger partial charge in [-0.25, -0.2) is 0 Å². The fourth-order valence-electron chi connectivity index (χ4n) is 1.53. The first-order chi connectivity index (χ1) is 7.65. The highest BCUT2D eigenvalue weighted by Gasteiger charge is 2.07. The van der Waals surface area contributed by atoms with Gasteiger partial charge in [-0.2, -0.15) is 0 Å². The van der Waals surface area contributed by atoms with Crippen molar-refractivity contribution in [2.45, 2.75) is 26.3 Å². The van der Waals surface area contributed by atoms with E-state index in [4.69, 9.17) is 15.2 Å². The van der Waals surface area contributed by atoms with Crippen LogP contribution < -0.4 is 10.5 Å². The maximum Gasteiger partial charge on any atom is 0.124 e. The first kappa shape index (κ1) is 13.0. The number of aryl methyl sites for hydroxylation is 1. The number of methoxy groups -OCH3 is 1. The maximum absolute atomic E-state index is 5.89. The smallest absolute Gasteiger partial charge is 0.124 e. The summed E-state index contributed by atoms with van der Waals surface area (Å²) in [5.74, 6) is 0.895. The molecule has 0 heterocycles. The quantitative estimate of drug-likeness (QED) is 0.753. The van der Waals surface area contributed by atoms with Crippen molar-refractivity contribution in [3.63, 3.8) is 0 Å². The van der Waals surface area contributed by atoms with Crippen LogP contribution in [0.15, 0.2) is 18.2 Å². The average Bonchev–Trinajstić information content (AvgIpc) is 2.24. The van der Waals surface area contributed by atoms with Gasteiger partial charge >= 0.3 is 0 Å². The van der Waals surface area contributed by atoms with Crippen molar-refractivity contribution in [1.82, 2.24) is 0 Å². The summed E-state index contributed by atoms with van der Waals surface area (Å²) in [6.07, 6.45) is 0.892. The van der Waals surface area contributed by atoms with Gasteiger partial charge in [0.2, 0.25) is 0 Å². The minimum atomic E-state index is -0.00183. The number of ether oxygens (including phenoxy) is 2. The Hall–Kier alpha value is -1.06. The molecular formula is C13H21NO2. The van der Waals surface area contributed by atoms with E-state index in [1.54, 1.807) is 7.11 Å². The van der Waals surface area contributed by atoms with Gasteiger partial charge < -0.3 is 15.2 Å². The van der Waals surface area contributed by atoms with Gasteiger partial charge in [-0.05, 0) is 25.5 Å². The molecule has 0 aliphatic carbocycles. The predicted molar refractivity (Wildman–Crippen MR) is 65.8 cm³/mol. The minimum absolute atomic E-state index is 0.00183. The highest BCUT2D eigenvalue weighted by atomic mass is 16.5. The summed E-state index contributed by atoms with van der Waals surface area (Å²) in [7, 11) is 1.69. The summed E-state index contributed by atoms with van der Waals surface area (Å²) in [5.41, 5.74) is 8.13. The van der Waals surface area contributed by atoms with E-state index in [-0.39, 0.29) is 6.04 Å². The van der Waals surface area contributed by atoms with Crippen molar-refractivity contribution >= 4 is 0 Å². The van der Waals surface area contributed by atoms with Crippen LogP contribution in [-0.4, -0.2) is 20.3 Å². The highest BCUT2D eigenvalue weighted by molar-refractivity contribution is 5.38. The molecule has 1 aromatic rings. The van der Waals surface area contributed by atoms with Crippen LogP contribution in [0, 0.1) is 6.92 Å².